The first-order valence-corrected chi connectivity index (χ1v) is 7.60. The molecule has 0 atom stereocenters. The van der Waals surface area contributed by atoms with Gasteiger partial charge in [-0.3, -0.25) is 0 Å². The predicted molar refractivity (Wildman–Crippen MR) is 84.3 cm³/mol. The van der Waals surface area contributed by atoms with Crippen molar-refractivity contribution in [1.82, 2.24) is 4.90 Å². The Morgan fingerprint density at radius 2 is 2.17 bits per heavy atom. The minimum atomic E-state index is 0.255. The summed E-state index contributed by atoms with van der Waals surface area (Å²) in [5.74, 6) is 1.91. The maximum Gasteiger partial charge on any atom is 0.231 e. The monoisotopic (exact) mass is 308 g/mol. The molecule has 0 fully saturated rings. The average Bonchev–Trinajstić information content (AvgIpc) is 3.05. The van der Waals surface area contributed by atoms with Crippen LogP contribution in [0.1, 0.15) is 24.8 Å². The summed E-state index contributed by atoms with van der Waals surface area (Å²) in [6.45, 7) is 0.823. The molecule has 6 nitrogen and oxygen atoms in total. The van der Waals surface area contributed by atoms with Gasteiger partial charge in [-0.1, -0.05) is 12.1 Å². The Kier molecular flexibility index (Phi) is 3.19. The van der Waals surface area contributed by atoms with Crippen molar-refractivity contribution in [2.75, 3.05) is 6.79 Å². The molecule has 0 spiro atoms. The fourth-order valence-corrected chi connectivity index (χ4v) is 3.06. The van der Waals surface area contributed by atoms with Crippen LogP contribution in [0.3, 0.4) is 0 Å². The van der Waals surface area contributed by atoms with Gasteiger partial charge in [-0.25, -0.2) is 4.99 Å². The molecule has 0 bridgehead atoms. The number of rotatable bonds is 2. The molecule has 1 aromatic carbocycles. The van der Waals surface area contributed by atoms with Crippen molar-refractivity contribution >= 4 is 5.71 Å². The van der Waals surface area contributed by atoms with Crippen LogP contribution in [0, 0.1) is 11.3 Å². The molecule has 0 radical (unpaired) electrons. The first-order valence-electron chi connectivity index (χ1n) is 7.60. The first-order chi connectivity index (χ1) is 11.3. The molecule has 2 heterocycles. The van der Waals surface area contributed by atoms with E-state index < -0.39 is 0 Å². The molecule has 2 N–H and O–H groups in total. The van der Waals surface area contributed by atoms with Gasteiger partial charge in [0.2, 0.25) is 6.79 Å². The van der Waals surface area contributed by atoms with Gasteiger partial charge < -0.3 is 20.1 Å². The molecule has 116 valence electrons. The van der Waals surface area contributed by atoms with Crippen LogP contribution >= 0.6 is 0 Å². The number of ether oxygens (including phenoxy) is 2. The van der Waals surface area contributed by atoms with E-state index in [0.29, 0.717) is 18.1 Å². The van der Waals surface area contributed by atoms with Crippen molar-refractivity contribution in [3.63, 3.8) is 0 Å². The van der Waals surface area contributed by atoms with Crippen molar-refractivity contribution in [3.05, 3.63) is 47.1 Å². The lowest BCUT2D eigenvalue weighted by Crippen LogP contribution is -2.35. The third-order valence-electron chi connectivity index (χ3n) is 4.21. The predicted octanol–water partition coefficient (Wildman–Crippen LogP) is 2.39. The fourth-order valence-electron chi connectivity index (χ4n) is 3.06. The molecule has 23 heavy (non-hydrogen) atoms. The lowest BCUT2D eigenvalue weighted by Gasteiger charge is -2.33. The number of nitrogens with zero attached hydrogens (tertiary/aromatic N) is 3. The number of hydrogen-bond donors (Lipinski definition) is 1. The maximum atomic E-state index is 9.28. The summed E-state index contributed by atoms with van der Waals surface area (Å²) in [7, 11) is 0. The highest BCUT2D eigenvalue weighted by Gasteiger charge is 2.27. The van der Waals surface area contributed by atoms with Crippen LogP contribution < -0.4 is 15.2 Å². The Labute approximate surface area is 134 Å². The molecule has 0 amide bonds. The molecule has 3 aliphatic rings. The third-order valence-corrected chi connectivity index (χ3v) is 4.21. The van der Waals surface area contributed by atoms with E-state index in [1.54, 1.807) is 0 Å². The highest BCUT2D eigenvalue weighted by Crippen LogP contribution is 2.34. The van der Waals surface area contributed by atoms with E-state index in [4.69, 9.17) is 15.2 Å². The zero-order valence-electron chi connectivity index (χ0n) is 12.6. The van der Waals surface area contributed by atoms with E-state index in [1.807, 2.05) is 23.1 Å². The van der Waals surface area contributed by atoms with Crippen molar-refractivity contribution < 1.29 is 9.47 Å². The van der Waals surface area contributed by atoms with E-state index in [-0.39, 0.29) is 6.79 Å². The lowest BCUT2D eigenvalue weighted by molar-refractivity contribution is 0.174. The van der Waals surface area contributed by atoms with E-state index in [0.717, 1.165) is 47.7 Å². The number of nitrogens with two attached hydrogens (primary N) is 1. The fraction of sp³-hybridized carbons (Fsp3) is 0.294. The quantitative estimate of drug-likeness (QED) is 0.907. The molecule has 0 saturated heterocycles. The Morgan fingerprint density at radius 3 is 3.04 bits per heavy atom. The van der Waals surface area contributed by atoms with Gasteiger partial charge in [0.05, 0.1) is 11.4 Å². The summed E-state index contributed by atoms with van der Waals surface area (Å²) in [4.78, 5) is 6.38. The van der Waals surface area contributed by atoms with Gasteiger partial charge in [-0.15, -0.1) is 0 Å². The number of aliphatic imine (C=N–C) groups is 1. The summed E-state index contributed by atoms with van der Waals surface area (Å²) in [6, 6.07) is 7.94. The number of hydrogen-bond acceptors (Lipinski definition) is 6. The second-order valence-electron chi connectivity index (χ2n) is 5.66. The van der Waals surface area contributed by atoms with Gasteiger partial charge in [0.1, 0.15) is 11.9 Å². The Morgan fingerprint density at radius 1 is 1.30 bits per heavy atom. The van der Waals surface area contributed by atoms with Gasteiger partial charge in [-0.2, -0.15) is 5.26 Å². The molecular weight excluding hydrogens is 292 g/mol. The zero-order valence-corrected chi connectivity index (χ0v) is 12.6. The van der Waals surface area contributed by atoms with Crippen molar-refractivity contribution in [1.29, 1.82) is 5.26 Å². The largest absolute Gasteiger partial charge is 0.454 e. The zero-order chi connectivity index (χ0) is 15.8. The van der Waals surface area contributed by atoms with Crippen LogP contribution in [0.4, 0.5) is 0 Å². The number of nitriles is 1. The number of fused-ring (bicyclic) bond motifs is 2. The Balaban J connectivity index is 1.69. The topological polar surface area (TPSA) is 83.9 Å². The van der Waals surface area contributed by atoms with Gasteiger partial charge in [0, 0.05) is 6.54 Å². The molecule has 0 aromatic heterocycles. The van der Waals surface area contributed by atoms with E-state index in [2.05, 4.69) is 17.1 Å². The van der Waals surface area contributed by atoms with Crippen LogP contribution in [0.5, 0.6) is 11.5 Å². The van der Waals surface area contributed by atoms with Gasteiger partial charge in [-0.05, 0) is 37.0 Å². The lowest BCUT2D eigenvalue weighted by atomic mass is 9.99. The van der Waals surface area contributed by atoms with Crippen LogP contribution in [-0.4, -0.2) is 17.4 Å². The smallest absolute Gasteiger partial charge is 0.231 e. The molecule has 1 aliphatic carbocycles. The van der Waals surface area contributed by atoms with Crippen molar-refractivity contribution in [2.24, 2.45) is 10.7 Å². The van der Waals surface area contributed by atoms with Crippen LogP contribution in [0.15, 0.2) is 46.5 Å². The van der Waals surface area contributed by atoms with Gasteiger partial charge in [0.25, 0.3) is 0 Å². The minimum Gasteiger partial charge on any atom is -0.454 e. The molecular formula is C17H16N4O2. The second-order valence-corrected chi connectivity index (χ2v) is 5.66. The molecule has 1 aromatic rings. The highest BCUT2D eigenvalue weighted by atomic mass is 16.7. The van der Waals surface area contributed by atoms with E-state index in [1.165, 1.54) is 0 Å². The van der Waals surface area contributed by atoms with E-state index >= 15 is 0 Å². The number of benzene rings is 1. The van der Waals surface area contributed by atoms with Gasteiger partial charge >= 0.3 is 0 Å². The Hall–Kier alpha value is -2.94. The summed E-state index contributed by atoms with van der Waals surface area (Å²) in [5.41, 5.74) is 9.48. The van der Waals surface area contributed by atoms with Crippen LogP contribution in [-0.2, 0) is 6.54 Å². The normalized spacial score (nSPS) is 19.0. The first kappa shape index (κ1) is 13.7. The highest BCUT2D eigenvalue weighted by molar-refractivity contribution is 6.02. The standard InChI is InChI=1S/C17H16N4O2/c18-8-13-17(19)21(14-4-2-1-3-12(14)20-13)9-11-5-6-15-16(7-11)23-10-22-15/h4-7H,1-3,9-10,19H2. The molecule has 6 heteroatoms. The SMILES string of the molecule is N#CC1=C(N)N(Cc2ccc3c(c2)OCO3)C2=CCCCC2=N1. The van der Waals surface area contributed by atoms with Crippen LogP contribution in [0.2, 0.25) is 0 Å². The van der Waals surface area contributed by atoms with Crippen LogP contribution in [0.25, 0.3) is 0 Å². The minimum absolute atomic E-state index is 0.255. The van der Waals surface area contributed by atoms with Crippen molar-refractivity contribution in [2.45, 2.75) is 25.8 Å². The Bertz CT molecular complexity index is 801. The molecule has 0 saturated carbocycles. The maximum absolute atomic E-state index is 9.28. The van der Waals surface area contributed by atoms with Crippen molar-refractivity contribution in [3.8, 4) is 17.6 Å². The summed E-state index contributed by atoms with van der Waals surface area (Å²) in [5, 5.41) is 9.28. The third kappa shape index (κ3) is 2.30. The molecule has 4 rings (SSSR count). The van der Waals surface area contributed by atoms with E-state index in [9.17, 15) is 5.26 Å². The molecule has 2 aliphatic heterocycles. The summed E-state index contributed by atoms with van der Waals surface area (Å²) in [6.07, 6.45) is 5.08. The molecule has 0 unspecified atom stereocenters. The number of allylic oxidation sites excluding steroid dienone is 3. The summed E-state index contributed by atoms with van der Waals surface area (Å²) >= 11 is 0. The van der Waals surface area contributed by atoms with Gasteiger partial charge in [0.15, 0.2) is 17.2 Å². The average molecular weight is 308 g/mol. The second kappa shape index (κ2) is 5.36. The summed E-state index contributed by atoms with van der Waals surface area (Å²) < 4.78 is 10.8.